The Morgan fingerprint density at radius 3 is 2.47 bits per heavy atom. The maximum atomic E-state index is 10.6. The van der Waals surface area contributed by atoms with Crippen molar-refractivity contribution >= 4 is 18.8 Å². The normalized spacial score (nSPS) is 10.2. The Morgan fingerprint density at radius 2 is 2.00 bits per heavy atom. The van der Waals surface area contributed by atoms with E-state index in [-0.39, 0.29) is 5.56 Å². The number of hydrogen-bond donors (Lipinski definition) is 2. The molecule has 2 rings (SSSR count). The molecule has 0 saturated heterocycles. The highest BCUT2D eigenvalue weighted by molar-refractivity contribution is 7.78. The average molecular weight is 221 g/mol. The van der Waals surface area contributed by atoms with E-state index in [9.17, 15) is 4.79 Å². The van der Waals surface area contributed by atoms with Gasteiger partial charge in [0.15, 0.2) is 0 Å². The van der Waals surface area contributed by atoms with Crippen LogP contribution in [0.15, 0.2) is 30.5 Å². The minimum atomic E-state index is -0.945. The van der Waals surface area contributed by atoms with Crippen molar-refractivity contribution in [3.63, 3.8) is 0 Å². The predicted octanol–water partition coefficient (Wildman–Crippen LogP) is 1.34. The number of rotatable bonds is 2. The Morgan fingerprint density at radius 1 is 1.33 bits per heavy atom. The summed E-state index contributed by atoms with van der Waals surface area (Å²) in [6.45, 7) is 0. The molecule has 1 aromatic heterocycles. The second kappa shape index (κ2) is 3.74. The summed E-state index contributed by atoms with van der Waals surface area (Å²) < 4.78 is 1.33. The zero-order chi connectivity index (χ0) is 10.8. The van der Waals surface area contributed by atoms with E-state index < -0.39 is 5.97 Å². The van der Waals surface area contributed by atoms with E-state index in [1.165, 1.54) is 16.2 Å². The van der Waals surface area contributed by atoms with E-state index in [0.717, 1.165) is 11.3 Å². The third-order valence-corrected chi connectivity index (χ3v) is 2.25. The van der Waals surface area contributed by atoms with Crippen LogP contribution in [0.3, 0.4) is 0 Å². The number of nitrogens with zero attached hydrogens (tertiary/aromatic N) is 3. The number of aromatic carboxylic acids is 1. The molecule has 0 atom stereocenters. The standard InChI is InChI=1S/C9H7N3O2S/c13-9(14)7-3-1-6(2-4-7)8-5-10-11-12(8)15/h1-5,15H,(H,13,14). The second-order valence-corrected chi connectivity index (χ2v) is 3.27. The molecule has 76 valence electrons. The van der Waals surface area contributed by atoms with Crippen LogP contribution in [-0.4, -0.2) is 25.5 Å². The van der Waals surface area contributed by atoms with Gasteiger partial charge in [-0.15, -0.1) is 5.10 Å². The fraction of sp³-hybridized carbons (Fsp3) is 0. The number of aromatic nitrogens is 3. The van der Waals surface area contributed by atoms with Crippen molar-refractivity contribution in [2.75, 3.05) is 0 Å². The molecule has 0 aliphatic carbocycles. The van der Waals surface area contributed by atoms with Crippen LogP contribution >= 0.6 is 12.8 Å². The van der Waals surface area contributed by atoms with Crippen molar-refractivity contribution in [3.05, 3.63) is 36.0 Å². The van der Waals surface area contributed by atoms with Gasteiger partial charge in [-0.1, -0.05) is 17.3 Å². The van der Waals surface area contributed by atoms with E-state index in [4.69, 9.17) is 5.11 Å². The summed E-state index contributed by atoms with van der Waals surface area (Å²) in [4.78, 5) is 10.6. The first-order chi connectivity index (χ1) is 7.18. The van der Waals surface area contributed by atoms with Crippen LogP contribution in [0.1, 0.15) is 10.4 Å². The van der Waals surface area contributed by atoms with Gasteiger partial charge in [0.2, 0.25) is 0 Å². The summed E-state index contributed by atoms with van der Waals surface area (Å²) in [6.07, 6.45) is 1.56. The predicted molar refractivity (Wildman–Crippen MR) is 56.8 cm³/mol. The Balaban J connectivity index is 2.40. The fourth-order valence-electron chi connectivity index (χ4n) is 1.20. The molecule has 0 amide bonds. The molecule has 2 aromatic rings. The molecule has 0 fully saturated rings. The second-order valence-electron chi connectivity index (χ2n) is 2.89. The van der Waals surface area contributed by atoms with Crippen molar-refractivity contribution in [2.24, 2.45) is 0 Å². The lowest BCUT2D eigenvalue weighted by Crippen LogP contribution is -1.95. The molecule has 1 aromatic carbocycles. The van der Waals surface area contributed by atoms with Crippen molar-refractivity contribution in [1.29, 1.82) is 0 Å². The summed E-state index contributed by atoms with van der Waals surface area (Å²) >= 11 is 4.05. The average Bonchev–Trinajstić information content (AvgIpc) is 2.65. The quantitative estimate of drug-likeness (QED) is 0.751. The number of hydrogen-bond acceptors (Lipinski definition) is 4. The SMILES string of the molecule is O=C(O)c1ccc(-c2cnnn2S)cc1. The van der Waals surface area contributed by atoms with Crippen molar-refractivity contribution in [2.45, 2.75) is 0 Å². The van der Waals surface area contributed by atoms with Gasteiger partial charge in [-0.05, 0) is 24.9 Å². The van der Waals surface area contributed by atoms with Crippen LogP contribution in [0.4, 0.5) is 0 Å². The van der Waals surface area contributed by atoms with E-state index >= 15 is 0 Å². The molecule has 0 bridgehead atoms. The molecule has 6 heteroatoms. The van der Waals surface area contributed by atoms with Crippen LogP contribution in [0.5, 0.6) is 0 Å². The minimum Gasteiger partial charge on any atom is -0.478 e. The Bertz CT molecular complexity index is 492. The number of benzene rings is 1. The Kier molecular flexibility index (Phi) is 2.42. The van der Waals surface area contributed by atoms with Crippen molar-refractivity contribution in [1.82, 2.24) is 14.4 Å². The van der Waals surface area contributed by atoms with Gasteiger partial charge in [0.25, 0.3) is 0 Å². The highest BCUT2D eigenvalue weighted by Gasteiger charge is 2.06. The molecule has 1 heterocycles. The molecule has 5 nitrogen and oxygen atoms in total. The molecule has 15 heavy (non-hydrogen) atoms. The van der Waals surface area contributed by atoms with Crippen LogP contribution in [-0.2, 0) is 0 Å². The van der Waals surface area contributed by atoms with Crippen LogP contribution in [0, 0.1) is 0 Å². The molecule has 0 spiro atoms. The lowest BCUT2D eigenvalue weighted by atomic mass is 10.1. The van der Waals surface area contributed by atoms with Gasteiger partial charge < -0.3 is 5.11 Å². The van der Waals surface area contributed by atoms with E-state index in [0.29, 0.717) is 0 Å². The maximum absolute atomic E-state index is 10.6. The molecule has 0 aliphatic heterocycles. The third-order valence-electron chi connectivity index (χ3n) is 1.96. The largest absolute Gasteiger partial charge is 0.478 e. The molecule has 0 radical (unpaired) electrons. The number of carbonyl (C=O) groups is 1. The lowest BCUT2D eigenvalue weighted by Gasteiger charge is -2.00. The number of carboxylic acid groups (broad SMARTS) is 1. The first-order valence-electron chi connectivity index (χ1n) is 4.12. The lowest BCUT2D eigenvalue weighted by molar-refractivity contribution is 0.0697. The number of carboxylic acids is 1. The van der Waals surface area contributed by atoms with Gasteiger partial charge in [0.05, 0.1) is 11.8 Å². The monoisotopic (exact) mass is 221 g/mol. The van der Waals surface area contributed by atoms with E-state index in [1.807, 2.05) is 0 Å². The molecule has 0 unspecified atom stereocenters. The maximum Gasteiger partial charge on any atom is 0.335 e. The zero-order valence-electron chi connectivity index (χ0n) is 7.53. The summed E-state index contributed by atoms with van der Waals surface area (Å²) in [5.41, 5.74) is 1.78. The summed E-state index contributed by atoms with van der Waals surface area (Å²) in [7, 11) is 0. The highest BCUT2D eigenvalue weighted by Crippen LogP contribution is 2.18. The molecule has 1 N–H and O–H groups in total. The van der Waals surface area contributed by atoms with Gasteiger partial charge in [-0.3, -0.25) is 0 Å². The van der Waals surface area contributed by atoms with E-state index in [1.54, 1.807) is 18.3 Å². The Labute approximate surface area is 90.9 Å². The summed E-state index contributed by atoms with van der Waals surface area (Å²) in [5, 5.41) is 16.1. The van der Waals surface area contributed by atoms with Gasteiger partial charge >= 0.3 is 5.97 Å². The van der Waals surface area contributed by atoms with E-state index in [2.05, 4.69) is 23.1 Å². The van der Waals surface area contributed by atoms with Crippen LogP contribution < -0.4 is 0 Å². The van der Waals surface area contributed by atoms with Crippen molar-refractivity contribution in [3.8, 4) is 11.3 Å². The van der Waals surface area contributed by atoms with Crippen molar-refractivity contribution < 1.29 is 9.90 Å². The molecule has 0 saturated carbocycles. The summed E-state index contributed by atoms with van der Waals surface area (Å²) in [6, 6.07) is 6.43. The Hall–Kier alpha value is -1.82. The van der Waals surface area contributed by atoms with Gasteiger partial charge in [-0.25, -0.2) is 4.79 Å². The smallest absolute Gasteiger partial charge is 0.335 e. The fourth-order valence-corrected chi connectivity index (χ4v) is 1.42. The molecule has 0 aliphatic rings. The van der Waals surface area contributed by atoms with Gasteiger partial charge in [0, 0.05) is 5.56 Å². The number of thiol groups is 1. The van der Waals surface area contributed by atoms with Crippen LogP contribution in [0.2, 0.25) is 0 Å². The van der Waals surface area contributed by atoms with Gasteiger partial charge in [-0.2, -0.15) is 4.09 Å². The minimum absolute atomic E-state index is 0.247. The zero-order valence-corrected chi connectivity index (χ0v) is 8.43. The first kappa shape index (κ1) is 9.72. The van der Waals surface area contributed by atoms with Crippen LogP contribution in [0.25, 0.3) is 11.3 Å². The molecular formula is C9H7N3O2S. The topological polar surface area (TPSA) is 68.0 Å². The summed E-state index contributed by atoms with van der Waals surface area (Å²) in [5.74, 6) is -0.945. The molecular weight excluding hydrogens is 214 g/mol. The third kappa shape index (κ3) is 1.84. The van der Waals surface area contributed by atoms with Gasteiger partial charge in [0.1, 0.15) is 5.69 Å². The first-order valence-corrected chi connectivity index (χ1v) is 4.52. The highest BCUT2D eigenvalue weighted by atomic mass is 32.1.